The zero-order valence-electron chi connectivity index (χ0n) is 13.6. The maximum absolute atomic E-state index is 12.8. The molecule has 0 bridgehead atoms. The highest BCUT2D eigenvalue weighted by Crippen LogP contribution is 2.19. The van der Waals surface area contributed by atoms with Crippen LogP contribution in [0.15, 0.2) is 47.1 Å². The number of amides is 1. The van der Waals surface area contributed by atoms with Crippen molar-refractivity contribution in [2.24, 2.45) is 0 Å². The van der Waals surface area contributed by atoms with Crippen molar-refractivity contribution in [2.75, 3.05) is 20.1 Å². The van der Waals surface area contributed by atoms with Gasteiger partial charge < -0.3 is 9.32 Å². The Morgan fingerprint density at radius 3 is 2.40 bits per heavy atom. The first kappa shape index (κ1) is 19.3. The third-order valence-corrected chi connectivity index (χ3v) is 3.67. The second kappa shape index (κ2) is 8.40. The summed E-state index contributed by atoms with van der Waals surface area (Å²) in [5, 5.41) is 0.595. The van der Waals surface area contributed by atoms with Crippen LogP contribution >= 0.6 is 11.6 Å². The molecule has 1 aromatic carbocycles. The summed E-state index contributed by atoms with van der Waals surface area (Å²) < 4.78 is 43.4. The van der Waals surface area contributed by atoms with Gasteiger partial charge >= 0.3 is 6.18 Å². The molecule has 0 aliphatic carbocycles. The van der Waals surface area contributed by atoms with Crippen molar-refractivity contribution in [1.82, 2.24) is 9.80 Å². The monoisotopic (exact) mass is 374 g/mol. The number of carbonyl (C=O) groups is 1. The van der Waals surface area contributed by atoms with Gasteiger partial charge in [0.15, 0.2) is 0 Å². The zero-order chi connectivity index (χ0) is 18.4. The average molecular weight is 375 g/mol. The molecule has 4 nitrogen and oxygen atoms in total. The van der Waals surface area contributed by atoms with E-state index in [-0.39, 0.29) is 13.1 Å². The molecule has 1 aromatic heterocycles. The van der Waals surface area contributed by atoms with Crippen LogP contribution in [0.3, 0.4) is 0 Å². The van der Waals surface area contributed by atoms with E-state index in [4.69, 9.17) is 16.0 Å². The van der Waals surface area contributed by atoms with Crippen LogP contribution in [-0.2, 0) is 17.9 Å². The predicted octanol–water partition coefficient (Wildman–Crippen LogP) is 3.96. The number of hydrogen-bond acceptors (Lipinski definition) is 3. The summed E-state index contributed by atoms with van der Waals surface area (Å²) in [5.41, 5.74) is 0.910. The van der Waals surface area contributed by atoms with Crippen LogP contribution < -0.4 is 0 Å². The van der Waals surface area contributed by atoms with Gasteiger partial charge in [0.05, 0.1) is 19.4 Å². The lowest BCUT2D eigenvalue weighted by atomic mass is 10.2. The van der Waals surface area contributed by atoms with E-state index in [9.17, 15) is 18.0 Å². The fourth-order valence-electron chi connectivity index (χ4n) is 2.33. The fraction of sp³-hybridized carbons (Fsp3) is 0.353. The lowest BCUT2D eigenvalue weighted by Gasteiger charge is -2.25. The van der Waals surface area contributed by atoms with Crippen molar-refractivity contribution in [1.29, 1.82) is 0 Å². The van der Waals surface area contributed by atoms with Gasteiger partial charge in [0, 0.05) is 11.6 Å². The molecule has 136 valence electrons. The number of alkyl halides is 3. The van der Waals surface area contributed by atoms with Gasteiger partial charge in [0.25, 0.3) is 0 Å². The largest absolute Gasteiger partial charge is 0.467 e. The molecule has 0 radical (unpaired) electrons. The molecule has 0 saturated heterocycles. The summed E-state index contributed by atoms with van der Waals surface area (Å²) in [5.74, 6) is -0.317. The van der Waals surface area contributed by atoms with Gasteiger partial charge in [-0.3, -0.25) is 9.69 Å². The van der Waals surface area contributed by atoms with Crippen molar-refractivity contribution in [3.05, 3.63) is 59.0 Å². The van der Waals surface area contributed by atoms with E-state index in [1.165, 1.54) is 12.3 Å². The molecule has 8 heteroatoms. The SMILES string of the molecule is CN(CC(=O)N(Cc1ccco1)CC(F)(F)F)Cc1ccc(Cl)cc1. The summed E-state index contributed by atoms with van der Waals surface area (Å²) >= 11 is 5.81. The number of hydrogen-bond donors (Lipinski definition) is 0. The maximum Gasteiger partial charge on any atom is 0.406 e. The van der Waals surface area contributed by atoms with E-state index < -0.39 is 18.6 Å². The Morgan fingerprint density at radius 1 is 1.16 bits per heavy atom. The Kier molecular flexibility index (Phi) is 6.50. The minimum absolute atomic E-state index is 0.139. The third-order valence-electron chi connectivity index (χ3n) is 3.42. The molecule has 0 saturated carbocycles. The van der Waals surface area contributed by atoms with Crippen LogP contribution in [0.25, 0.3) is 0 Å². The van der Waals surface area contributed by atoms with Gasteiger partial charge in [-0.1, -0.05) is 23.7 Å². The minimum atomic E-state index is -4.48. The molecule has 0 N–H and O–H groups in total. The van der Waals surface area contributed by atoms with Crippen LogP contribution in [0.2, 0.25) is 5.02 Å². The number of rotatable bonds is 7. The lowest BCUT2D eigenvalue weighted by Crippen LogP contribution is -2.43. The molecule has 0 spiro atoms. The molecule has 0 aliphatic heterocycles. The smallest absolute Gasteiger partial charge is 0.406 e. The van der Waals surface area contributed by atoms with Crippen molar-refractivity contribution >= 4 is 17.5 Å². The van der Waals surface area contributed by atoms with Crippen LogP contribution in [0.1, 0.15) is 11.3 Å². The molecule has 25 heavy (non-hydrogen) atoms. The van der Waals surface area contributed by atoms with Crippen molar-refractivity contribution in [3.8, 4) is 0 Å². The van der Waals surface area contributed by atoms with E-state index in [0.29, 0.717) is 17.3 Å². The number of halogens is 4. The summed E-state index contributed by atoms with van der Waals surface area (Å²) in [6.07, 6.45) is -3.12. The molecule has 1 amide bonds. The Balaban J connectivity index is 1.98. The fourth-order valence-corrected chi connectivity index (χ4v) is 2.45. The predicted molar refractivity (Wildman–Crippen MR) is 88.0 cm³/mol. The van der Waals surface area contributed by atoms with Crippen molar-refractivity contribution < 1.29 is 22.4 Å². The highest BCUT2D eigenvalue weighted by Gasteiger charge is 2.33. The first-order valence-electron chi connectivity index (χ1n) is 7.53. The van der Waals surface area contributed by atoms with Crippen LogP contribution in [-0.4, -0.2) is 42.0 Å². The third kappa shape index (κ3) is 6.80. The van der Waals surface area contributed by atoms with Gasteiger partial charge in [-0.05, 0) is 36.9 Å². The first-order valence-corrected chi connectivity index (χ1v) is 7.90. The van der Waals surface area contributed by atoms with Crippen molar-refractivity contribution in [3.63, 3.8) is 0 Å². The molecule has 0 aliphatic rings. The second-order valence-electron chi connectivity index (χ2n) is 5.74. The molecule has 1 heterocycles. The van der Waals surface area contributed by atoms with Gasteiger partial charge in [0.2, 0.25) is 5.91 Å². The van der Waals surface area contributed by atoms with Crippen LogP contribution in [0.5, 0.6) is 0 Å². The van der Waals surface area contributed by atoms with Gasteiger partial charge in [-0.25, -0.2) is 0 Å². The number of nitrogens with zero attached hydrogens (tertiary/aromatic N) is 2. The normalized spacial score (nSPS) is 11.8. The topological polar surface area (TPSA) is 36.7 Å². The Labute approximate surface area is 148 Å². The highest BCUT2D eigenvalue weighted by atomic mass is 35.5. The minimum Gasteiger partial charge on any atom is -0.467 e. The quantitative estimate of drug-likeness (QED) is 0.736. The molecular weight excluding hydrogens is 357 g/mol. The molecule has 2 aromatic rings. The average Bonchev–Trinajstić information content (AvgIpc) is 3.00. The summed E-state index contributed by atoms with van der Waals surface area (Å²) in [6.45, 7) is -1.26. The van der Waals surface area contributed by atoms with E-state index in [2.05, 4.69) is 0 Å². The van der Waals surface area contributed by atoms with Gasteiger partial charge in [-0.15, -0.1) is 0 Å². The van der Waals surface area contributed by atoms with Gasteiger partial charge in [0.1, 0.15) is 12.3 Å². The lowest BCUT2D eigenvalue weighted by molar-refractivity contribution is -0.163. The first-order chi connectivity index (χ1) is 11.7. The van der Waals surface area contributed by atoms with Crippen LogP contribution in [0.4, 0.5) is 13.2 Å². The Bertz CT molecular complexity index is 672. The summed E-state index contributed by atoms with van der Waals surface area (Å²) in [7, 11) is 1.67. The highest BCUT2D eigenvalue weighted by molar-refractivity contribution is 6.30. The molecule has 0 unspecified atom stereocenters. The van der Waals surface area contributed by atoms with E-state index >= 15 is 0 Å². The second-order valence-corrected chi connectivity index (χ2v) is 6.18. The standard InChI is InChI=1S/C17H18ClF3N2O2/c1-22(9-13-4-6-14(18)7-5-13)11-16(24)23(12-17(19,20)21)10-15-3-2-8-25-15/h2-8H,9-12H2,1H3. The Morgan fingerprint density at radius 2 is 1.84 bits per heavy atom. The molecule has 2 rings (SSSR count). The number of carbonyl (C=O) groups excluding carboxylic acids is 1. The van der Waals surface area contributed by atoms with Crippen molar-refractivity contribution in [2.45, 2.75) is 19.3 Å². The Hall–Kier alpha value is -1.99. The number of benzene rings is 1. The molecule has 0 fully saturated rings. The molecular formula is C17H18ClF3N2O2. The summed E-state index contributed by atoms with van der Waals surface area (Å²) in [6, 6.07) is 10.2. The van der Waals surface area contributed by atoms with E-state index in [0.717, 1.165) is 10.5 Å². The maximum atomic E-state index is 12.8. The number of likely N-dealkylation sites (N-methyl/N-ethyl adjacent to an activating group) is 1. The van der Waals surface area contributed by atoms with Gasteiger partial charge in [-0.2, -0.15) is 13.2 Å². The number of furan rings is 1. The summed E-state index contributed by atoms with van der Waals surface area (Å²) in [4.78, 5) is 14.7. The van der Waals surface area contributed by atoms with E-state index in [1.807, 2.05) is 0 Å². The zero-order valence-corrected chi connectivity index (χ0v) is 14.3. The van der Waals surface area contributed by atoms with Crippen LogP contribution in [0, 0.1) is 0 Å². The molecule has 0 atom stereocenters. The van der Waals surface area contributed by atoms with E-state index in [1.54, 1.807) is 42.3 Å².